The number of rotatable bonds is 7. The molecule has 1 saturated heterocycles. The van der Waals surface area contributed by atoms with Gasteiger partial charge in [-0.25, -0.2) is 9.97 Å². The second-order valence-electron chi connectivity index (χ2n) is 6.34. The van der Waals surface area contributed by atoms with Gasteiger partial charge >= 0.3 is 0 Å². The normalized spacial score (nSPS) is 16.5. The molecule has 1 fully saturated rings. The molecule has 26 heavy (non-hydrogen) atoms. The van der Waals surface area contributed by atoms with Gasteiger partial charge in [0.05, 0.1) is 24.9 Å². The van der Waals surface area contributed by atoms with Crippen molar-refractivity contribution < 1.29 is 19.0 Å². The van der Waals surface area contributed by atoms with Crippen LogP contribution in [0, 0.1) is 0 Å². The lowest BCUT2D eigenvalue weighted by molar-refractivity contribution is 0.0950. The first-order valence-electron chi connectivity index (χ1n) is 8.70. The molecule has 1 atom stereocenters. The molecule has 1 aliphatic heterocycles. The zero-order chi connectivity index (χ0) is 18.4. The zero-order valence-electron chi connectivity index (χ0n) is 15.0. The van der Waals surface area contributed by atoms with E-state index in [0.29, 0.717) is 37.1 Å². The highest BCUT2D eigenvalue weighted by atomic mass is 16.5. The smallest absolute Gasteiger partial charge is 0.253 e. The molecule has 2 aromatic heterocycles. The summed E-state index contributed by atoms with van der Waals surface area (Å²) in [6.45, 7) is 5.57. The Morgan fingerprint density at radius 3 is 2.65 bits per heavy atom. The highest BCUT2D eigenvalue weighted by Gasteiger charge is 2.17. The van der Waals surface area contributed by atoms with Crippen molar-refractivity contribution in [3.8, 4) is 11.8 Å². The summed E-state index contributed by atoms with van der Waals surface area (Å²) in [4.78, 5) is 20.6. The van der Waals surface area contributed by atoms with Gasteiger partial charge < -0.3 is 19.5 Å². The van der Waals surface area contributed by atoms with E-state index in [9.17, 15) is 4.79 Å². The monoisotopic (exact) mass is 357 g/mol. The Morgan fingerprint density at radius 1 is 1.23 bits per heavy atom. The maximum atomic E-state index is 12.2. The molecule has 0 spiro atoms. The first-order chi connectivity index (χ1) is 12.6. The first-order valence-corrected chi connectivity index (χ1v) is 8.70. The van der Waals surface area contributed by atoms with Crippen molar-refractivity contribution in [1.29, 1.82) is 0 Å². The van der Waals surface area contributed by atoms with Gasteiger partial charge in [-0.3, -0.25) is 4.79 Å². The fraction of sp³-hybridized carbons (Fsp3) is 0.421. The van der Waals surface area contributed by atoms with Crippen LogP contribution >= 0.6 is 0 Å². The molecule has 0 aromatic carbocycles. The summed E-state index contributed by atoms with van der Waals surface area (Å²) in [7, 11) is 0. The molecule has 1 N–H and O–H groups in total. The van der Waals surface area contributed by atoms with Crippen LogP contribution in [0.15, 0.2) is 36.7 Å². The Hall–Kier alpha value is -2.67. The van der Waals surface area contributed by atoms with Crippen LogP contribution in [0.1, 0.15) is 36.2 Å². The molecule has 0 radical (unpaired) electrons. The number of nitrogens with zero attached hydrogens (tertiary/aromatic N) is 2. The van der Waals surface area contributed by atoms with E-state index in [-0.39, 0.29) is 18.1 Å². The molecule has 138 valence electrons. The number of aromatic nitrogens is 2. The summed E-state index contributed by atoms with van der Waals surface area (Å²) in [6, 6.07) is 7.07. The Labute approximate surface area is 152 Å². The number of carbonyl (C=O) groups excluding carboxylic acids is 1. The summed E-state index contributed by atoms with van der Waals surface area (Å²) >= 11 is 0. The molecular formula is C19H23N3O4. The average molecular weight is 357 g/mol. The number of pyridine rings is 2. The molecular weight excluding hydrogens is 334 g/mol. The van der Waals surface area contributed by atoms with Crippen molar-refractivity contribution in [3.63, 3.8) is 0 Å². The van der Waals surface area contributed by atoms with E-state index in [0.717, 1.165) is 12.0 Å². The minimum Gasteiger partial charge on any atom is -0.475 e. The van der Waals surface area contributed by atoms with Crippen LogP contribution in [0.2, 0.25) is 0 Å². The van der Waals surface area contributed by atoms with Crippen molar-refractivity contribution in [1.82, 2.24) is 15.3 Å². The number of hydrogen-bond donors (Lipinski definition) is 1. The van der Waals surface area contributed by atoms with Gasteiger partial charge in [0.1, 0.15) is 6.10 Å². The molecule has 7 nitrogen and oxygen atoms in total. The molecule has 0 saturated carbocycles. The Morgan fingerprint density at radius 2 is 2.04 bits per heavy atom. The van der Waals surface area contributed by atoms with E-state index in [1.165, 1.54) is 6.20 Å². The number of nitrogens with one attached hydrogen (secondary N) is 1. The molecule has 0 aliphatic carbocycles. The molecule has 0 bridgehead atoms. The van der Waals surface area contributed by atoms with Crippen molar-refractivity contribution in [2.45, 2.75) is 39.0 Å². The van der Waals surface area contributed by atoms with Crippen molar-refractivity contribution >= 4 is 5.91 Å². The number of carbonyl (C=O) groups is 1. The molecule has 1 amide bonds. The molecule has 7 heteroatoms. The summed E-state index contributed by atoms with van der Waals surface area (Å²) in [5.74, 6) is 0.875. The lowest BCUT2D eigenvalue weighted by Crippen LogP contribution is -2.23. The summed E-state index contributed by atoms with van der Waals surface area (Å²) in [5, 5.41) is 2.85. The van der Waals surface area contributed by atoms with Gasteiger partial charge in [0.25, 0.3) is 5.91 Å². The van der Waals surface area contributed by atoms with Gasteiger partial charge in [-0.1, -0.05) is 6.07 Å². The maximum Gasteiger partial charge on any atom is 0.253 e. The third-order valence-corrected chi connectivity index (χ3v) is 3.78. The Kier molecular flexibility index (Phi) is 6.01. The second-order valence-corrected chi connectivity index (χ2v) is 6.34. The van der Waals surface area contributed by atoms with Gasteiger partial charge in [-0.05, 0) is 25.5 Å². The topological polar surface area (TPSA) is 82.6 Å². The fourth-order valence-electron chi connectivity index (χ4n) is 2.47. The third-order valence-electron chi connectivity index (χ3n) is 3.78. The van der Waals surface area contributed by atoms with Crippen LogP contribution in [0.25, 0.3) is 0 Å². The van der Waals surface area contributed by atoms with Crippen LogP contribution in [0.5, 0.6) is 11.8 Å². The molecule has 2 aromatic rings. The van der Waals surface area contributed by atoms with E-state index in [1.807, 2.05) is 19.9 Å². The summed E-state index contributed by atoms with van der Waals surface area (Å²) in [5.41, 5.74) is 1.37. The molecule has 1 unspecified atom stereocenters. The first kappa shape index (κ1) is 18.1. The highest BCUT2D eigenvalue weighted by Crippen LogP contribution is 2.15. The Balaban J connectivity index is 1.49. The number of hydrogen-bond acceptors (Lipinski definition) is 6. The highest BCUT2D eigenvalue weighted by molar-refractivity contribution is 5.93. The van der Waals surface area contributed by atoms with E-state index in [1.54, 1.807) is 24.4 Å². The molecule has 1 aliphatic rings. The van der Waals surface area contributed by atoms with E-state index < -0.39 is 0 Å². The predicted molar refractivity (Wildman–Crippen MR) is 95.3 cm³/mol. The third kappa shape index (κ3) is 5.16. The minimum absolute atomic E-state index is 0.0392. The quantitative estimate of drug-likeness (QED) is 0.819. The predicted octanol–water partition coefficient (Wildman–Crippen LogP) is 2.36. The van der Waals surface area contributed by atoms with Gasteiger partial charge in [0, 0.05) is 37.5 Å². The van der Waals surface area contributed by atoms with Crippen LogP contribution in [-0.2, 0) is 11.3 Å². The lowest BCUT2D eigenvalue weighted by atomic mass is 10.2. The average Bonchev–Trinajstić information content (AvgIpc) is 3.14. The van der Waals surface area contributed by atoms with Crippen LogP contribution in [0.3, 0.4) is 0 Å². The van der Waals surface area contributed by atoms with Crippen LogP contribution in [0.4, 0.5) is 0 Å². The minimum atomic E-state index is -0.198. The Bertz CT molecular complexity index is 711. The van der Waals surface area contributed by atoms with E-state index in [4.69, 9.17) is 14.2 Å². The second kappa shape index (κ2) is 8.62. The van der Waals surface area contributed by atoms with Crippen molar-refractivity contribution in [2.24, 2.45) is 0 Å². The van der Waals surface area contributed by atoms with Crippen LogP contribution < -0.4 is 14.8 Å². The standard InChI is InChI=1S/C19H23N3O4/c1-13(2)25-17-5-3-14(9-20-17)10-22-19(23)15-4-6-18(21-11-15)26-16-7-8-24-12-16/h3-6,9,11,13,16H,7-8,10,12H2,1-2H3,(H,22,23). The SMILES string of the molecule is CC(C)Oc1ccc(CNC(=O)c2ccc(OC3CCOC3)nc2)cn1. The lowest BCUT2D eigenvalue weighted by Gasteiger charge is -2.11. The van der Waals surface area contributed by atoms with Gasteiger partial charge in [0.15, 0.2) is 0 Å². The van der Waals surface area contributed by atoms with E-state index >= 15 is 0 Å². The van der Waals surface area contributed by atoms with Crippen molar-refractivity contribution in [2.75, 3.05) is 13.2 Å². The zero-order valence-corrected chi connectivity index (χ0v) is 15.0. The molecule has 3 rings (SSSR count). The van der Waals surface area contributed by atoms with Gasteiger partial charge in [0.2, 0.25) is 11.8 Å². The number of ether oxygens (including phenoxy) is 3. The largest absolute Gasteiger partial charge is 0.475 e. The maximum absolute atomic E-state index is 12.2. The molecule has 3 heterocycles. The summed E-state index contributed by atoms with van der Waals surface area (Å²) in [6.07, 6.45) is 4.18. The van der Waals surface area contributed by atoms with E-state index in [2.05, 4.69) is 15.3 Å². The van der Waals surface area contributed by atoms with Gasteiger partial charge in [-0.15, -0.1) is 0 Å². The summed E-state index contributed by atoms with van der Waals surface area (Å²) < 4.78 is 16.4. The van der Waals surface area contributed by atoms with Crippen molar-refractivity contribution in [3.05, 3.63) is 47.8 Å². The van der Waals surface area contributed by atoms with Gasteiger partial charge in [-0.2, -0.15) is 0 Å². The number of amides is 1. The van der Waals surface area contributed by atoms with Crippen LogP contribution in [-0.4, -0.2) is 41.3 Å². The fourth-order valence-corrected chi connectivity index (χ4v) is 2.47.